The Morgan fingerprint density at radius 2 is 2.00 bits per heavy atom. The summed E-state index contributed by atoms with van der Waals surface area (Å²) in [5.74, 6) is 0.582. The molecule has 14 heteroatoms. The summed E-state index contributed by atoms with van der Waals surface area (Å²) in [6.07, 6.45) is -0.0733. The number of aliphatic hydroxyl groups excluding tert-OH is 2. The SMILES string of the molecule is O=P(O)(O)CO[C@@H]1O[C@H](Cn2ncc3c(NC4CCCC4)nc(Cl)nc32)[C@@H](O)[C@H]1O. The largest absolute Gasteiger partial charge is 0.387 e. The highest BCUT2D eigenvalue weighted by Gasteiger charge is 2.44. The maximum Gasteiger partial charge on any atom is 0.351 e. The van der Waals surface area contributed by atoms with E-state index in [0.29, 0.717) is 22.9 Å². The Morgan fingerprint density at radius 1 is 1.27 bits per heavy atom. The molecule has 1 saturated carbocycles. The van der Waals surface area contributed by atoms with Gasteiger partial charge in [0.05, 0.1) is 18.1 Å². The summed E-state index contributed by atoms with van der Waals surface area (Å²) in [5, 5.41) is 28.7. The van der Waals surface area contributed by atoms with Gasteiger partial charge in [0, 0.05) is 6.04 Å². The highest BCUT2D eigenvalue weighted by molar-refractivity contribution is 7.51. The van der Waals surface area contributed by atoms with Crippen LogP contribution in [0.1, 0.15) is 25.7 Å². The molecule has 3 heterocycles. The fraction of sp³-hybridized carbons (Fsp3) is 0.688. The molecule has 4 rings (SSSR count). The molecule has 0 aromatic carbocycles. The number of halogens is 1. The Kier molecular flexibility index (Phi) is 6.29. The number of nitrogens with zero attached hydrogens (tertiary/aromatic N) is 4. The summed E-state index contributed by atoms with van der Waals surface area (Å²) in [6, 6.07) is 0.310. The van der Waals surface area contributed by atoms with Gasteiger partial charge in [-0.25, -0.2) is 4.68 Å². The number of anilines is 1. The van der Waals surface area contributed by atoms with Crippen molar-refractivity contribution in [2.45, 2.75) is 62.9 Å². The Balaban J connectivity index is 1.51. The third kappa shape index (κ3) is 4.76. The van der Waals surface area contributed by atoms with Crippen LogP contribution < -0.4 is 5.32 Å². The Labute approximate surface area is 176 Å². The van der Waals surface area contributed by atoms with E-state index >= 15 is 0 Å². The lowest BCUT2D eigenvalue weighted by molar-refractivity contribution is -0.158. The first-order valence-electron chi connectivity index (χ1n) is 9.54. The molecule has 30 heavy (non-hydrogen) atoms. The molecule has 2 fully saturated rings. The molecule has 1 saturated heterocycles. The van der Waals surface area contributed by atoms with Crippen LogP contribution in [-0.4, -0.2) is 76.7 Å². The highest BCUT2D eigenvalue weighted by Crippen LogP contribution is 2.36. The number of hydrogen-bond donors (Lipinski definition) is 5. The van der Waals surface area contributed by atoms with Gasteiger partial charge in [0.2, 0.25) is 5.28 Å². The van der Waals surface area contributed by atoms with Crippen molar-refractivity contribution in [3.63, 3.8) is 0 Å². The number of rotatable bonds is 7. The normalized spacial score (nSPS) is 27.9. The third-order valence-corrected chi connectivity index (χ3v) is 5.90. The van der Waals surface area contributed by atoms with Crippen molar-refractivity contribution < 1.29 is 34.0 Å². The van der Waals surface area contributed by atoms with Gasteiger partial charge in [0.1, 0.15) is 24.1 Å². The zero-order chi connectivity index (χ0) is 21.5. The standard InChI is InChI=1S/C16H23ClN5O7P/c17-16-20-13(19-8-3-1-2-4-8)9-5-18-22(14(9)21-16)6-10-11(23)12(24)15(29-10)28-7-30(25,26)27/h5,8,10-12,15,23-24H,1-4,6-7H2,(H,19,20,21)(H2,25,26,27)/t10-,11-,12-,15-/m1/s1. The van der Waals surface area contributed by atoms with Gasteiger partial charge in [-0.15, -0.1) is 0 Å². The highest BCUT2D eigenvalue weighted by atomic mass is 35.5. The Morgan fingerprint density at radius 3 is 2.70 bits per heavy atom. The number of aliphatic hydroxyl groups is 2. The van der Waals surface area contributed by atoms with Crippen LogP contribution >= 0.6 is 19.2 Å². The molecule has 2 aromatic heterocycles. The van der Waals surface area contributed by atoms with Crippen molar-refractivity contribution in [1.82, 2.24) is 19.7 Å². The minimum absolute atomic E-state index is 0.00765. The van der Waals surface area contributed by atoms with Gasteiger partial charge in [-0.2, -0.15) is 15.1 Å². The zero-order valence-corrected chi connectivity index (χ0v) is 17.5. The van der Waals surface area contributed by atoms with Crippen molar-refractivity contribution in [2.24, 2.45) is 0 Å². The van der Waals surface area contributed by atoms with E-state index in [2.05, 4.69) is 20.4 Å². The van der Waals surface area contributed by atoms with E-state index < -0.39 is 38.5 Å². The predicted octanol–water partition coefficient (Wildman–Crippen LogP) is 0.433. The van der Waals surface area contributed by atoms with Crippen molar-refractivity contribution in [3.8, 4) is 0 Å². The Bertz CT molecular complexity index is 949. The van der Waals surface area contributed by atoms with Crippen molar-refractivity contribution in [2.75, 3.05) is 11.7 Å². The predicted molar refractivity (Wildman–Crippen MR) is 105 cm³/mol. The van der Waals surface area contributed by atoms with Crippen molar-refractivity contribution >= 4 is 36.0 Å². The average molecular weight is 464 g/mol. The first-order chi connectivity index (χ1) is 14.2. The zero-order valence-electron chi connectivity index (χ0n) is 15.8. The third-order valence-electron chi connectivity index (χ3n) is 5.24. The van der Waals surface area contributed by atoms with E-state index in [1.165, 1.54) is 4.68 Å². The molecule has 2 aliphatic rings. The summed E-state index contributed by atoms with van der Waals surface area (Å²) < 4.78 is 22.8. The first kappa shape index (κ1) is 21.8. The summed E-state index contributed by atoms with van der Waals surface area (Å²) in [5.41, 5.74) is 0.431. The second-order valence-electron chi connectivity index (χ2n) is 7.52. The minimum atomic E-state index is -4.45. The molecule has 166 valence electrons. The molecular weight excluding hydrogens is 441 g/mol. The maximum absolute atomic E-state index is 11.0. The summed E-state index contributed by atoms with van der Waals surface area (Å²) in [6.45, 7) is 0.00765. The molecule has 4 atom stereocenters. The lowest BCUT2D eigenvalue weighted by atomic mass is 10.1. The lowest BCUT2D eigenvalue weighted by Gasteiger charge is -2.16. The summed E-state index contributed by atoms with van der Waals surface area (Å²) >= 11 is 6.10. The van der Waals surface area contributed by atoms with Gasteiger partial charge < -0.3 is 34.8 Å². The average Bonchev–Trinajstić information content (AvgIpc) is 3.37. The van der Waals surface area contributed by atoms with Crippen LogP contribution in [0.15, 0.2) is 6.20 Å². The van der Waals surface area contributed by atoms with Crippen LogP contribution in [0.4, 0.5) is 5.82 Å². The van der Waals surface area contributed by atoms with Crippen molar-refractivity contribution in [1.29, 1.82) is 0 Å². The Hall–Kier alpha value is -1.37. The van der Waals surface area contributed by atoms with E-state index in [1.54, 1.807) is 6.20 Å². The number of hydrogen-bond acceptors (Lipinski definition) is 9. The van der Waals surface area contributed by atoms with Crippen LogP contribution in [0.25, 0.3) is 11.0 Å². The van der Waals surface area contributed by atoms with E-state index in [1.807, 2.05) is 0 Å². The molecule has 0 spiro atoms. The van der Waals surface area contributed by atoms with E-state index in [-0.39, 0.29) is 11.8 Å². The van der Waals surface area contributed by atoms with E-state index in [4.69, 9.17) is 30.9 Å². The first-order valence-corrected chi connectivity index (χ1v) is 11.7. The van der Waals surface area contributed by atoms with Gasteiger partial charge in [-0.1, -0.05) is 12.8 Å². The molecule has 2 aromatic rings. The molecule has 1 aliphatic heterocycles. The second-order valence-corrected chi connectivity index (χ2v) is 9.44. The van der Waals surface area contributed by atoms with Gasteiger partial charge in [-0.05, 0) is 24.4 Å². The van der Waals surface area contributed by atoms with Crippen molar-refractivity contribution in [3.05, 3.63) is 11.5 Å². The minimum Gasteiger partial charge on any atom is -0.387 e. The quantitative estimate of drug-likeness (QED) is 0.284. The number of fused-ring (bicyclic) bond motifs is 1. The monoisotopic (exact) mass is 463 g/mol. The number of aromatic nitrogens is 4. The second kappa shape index (κ2) is 8.64. The van der Waals surface area contributed by atoms with Crippen LogP contribution in [0, 0.1) is 0 Å². The molecule has 0 amide bonds. The smallest absolute Gasteiger partial charge is 0.351 e. The van der Waals surface area contributed by atoms with Crippen LogP contribution in [-0.2, 0) is 20.6 Å². The molecule has 0 radical (unpaired) electrons. The molecule has 5 N–H and O–H groups in total. The molecule has 1 aliphatic carbocycles. The van der Waals surface area contributed by atoms with Crippen LogP contribution in [0.3, 0.4) is 0 Å². The summed E-state index contributed by atoms with van der Waals surface area (Å²) in [7, 11) is -4.45. The molecular formula is C16H23ClN5O7P. The number of ether oxygens (including phenoxy) is 2. The molecule has 0 bridgehead atoms. The molecule has 12 nitrogen and oxygen atoms in total. The summed E-state index contributed by atoms with van der Waals surface area (Å²) in [4.78, 5) is 26.3. The van der Waals surface area contributed by atoms with E-state index in [0.717, 1.165) is 25.7 Å². The fourth-order valence-electron chi connectivity index (χ4n) is 3.78. The van der Waals surface area contributed by atoms with Crippen LogP contribution in [0.2, 0.25) is 5.28 Å². The van der Waals surface area contributed by atoms with E-state index in [9.17, 15) is 14.8 Å². The maximum atomic E-state index is 11.0. The van der Waals surface area contributed by atoms with Gasteiger partial charge in [0.25, 0.3) is 0 Å². The van der Waals surface area contributed by atoms with Crippen LogP contribution in [0.5, 0.6) is 0 Å². The number of nitrogens with one attached hydrogen (secondary N) is 1. The molecule has 0 unspecified atom stereocenters. The van der Waals surface area contributed by atoms with Gasteiger partial charge in [-0.3, -0.25) is 4.57 Å². The van der Waals surface area contributed by atoms with Gasteiger partial charge >= 0.3 is 7.60 Å². The fourth-order valence-corrected chi connectivity index (χ4v) is 4.29. The van der Waals surface area contributed by atoms with Gasteiger partial charge in [0.15, 0.2) is 18.3 Å². The lowest BCUT2D eigenvalue weighted by Crippen LogP contribution is -2.35. The topological polar surface area (TPSA) is 172 Å².